The van der Waals surface area contributed by atoms with E-state index in [2.05, 4.69) is 17.6 Å². The third kappa shape index (κ3) is 16.6. The fourth-order valence-corrected chi connectivity index (χ4v) is 5.10. The van der Waals surface area contributed by atoms with Gasteiger partial charge in [-0.15, -0.1) is 0 Å². The van der Waals surface area contributed by atoms with Gasteiger partial charge in [0.2, 0.25) is 11.8 Å². The lowest BCUT2D eigenvalue weighted by atomic mass is 9.99. The van der Waals surface area contributed by atoms with Crippen molar-refractivity contribution in [1.82, 2.24) is 10.2 Å². The summed E-state index contributed by atoms with van der Waals surface area (Å²) < 4.78 is 16.3. The van der Waals surface area contributed by atoms with Crippen molar-refractivity contribution in [2.24, 2.45) is 11.7 Å². The van der Waals surface area contributed by atoms with Crippen LogP contribution in [0.3, 0.4) is 0 Å². The number of anilines is 1. The number of Topliss-reactive ketones (excluding diaryl/α,β-unsaturated/α-hetero) is 2. The Hall–Kier alpha value is -3.98. The summed E-state index contributed by atoms with van der Waals surface area (Å²) in [5.41, 5.74) is 7.27. The van der Waals surface area contributed by atoms with Crippen molar-refractivity contribution in [1.29, 1.82) is 0 Å². The number of carbonyl (C=O) groups is 6. The number of imide groups is 1. The Morgan fingerprint density at radius 1 is 0.880 bits per heavy atom. The number of nitrogens with two attached hydrogens (primary N) is 1. The summed E-state index contributed by atoms with van der Waals surface area (Å²) in [6.45, 7) is 7.33. The third-order valence-electron chi connectivity index (χ3n) is 7.99. The van der Waals surface area contributed by atoms with Gasteiger partial charge in [-0.05, 0) is 50.3 Å². The molecule has 2 rings (SSSR count). The van der Waals surface area contributed by atoms with E-state index in [1.807, 2.05) is 0 Å². The molecule has 1 aromatic rings. The summed E-state index contributed by atoms with van der Waals surface area (Å²) in [5.74, 6) is -2.46. The minimum absolute atomic E-state index is 0.0195. The Balaban J connectivity index is 1.48. The topological polar surface area (TPSA) is 204 Å². The van der Waals surface area contributed by atoms with Crippen LogP contribution in [0.1, 0.15) is 77.7 Å². The second kappa shape index (κ2) is 23.4. The highest BCUT2D eigenvalue weighted by Crippen LogP contribution is 2.26. The standard InChI is InChI=1S/C36H54N4O10/c1-4-7-28(37)23-27-10-11-31(42)30(24-27)39-36(47)25(2)22-32(43)26(3)38-33(44)14-17-49-19-21-50-20-18-48-16-6-9-29(41)8-5-15-40-34(45)12-13-35(40)46/h10-13,24-26,28,42H,4-9,14-23,37H2,1-3H3,(H,38,44)(H,39,47)/t25-,26+,28-/m1/s1. The summed E-state index contributed by atoms with van der Waals surface area (Å²) in [7, 11) is 0. The van der Waals surface area contributed by atoms with Gasteiger partial charge in [0.1, 0.15) is 11.5 Å². The number of hydrogen-bond acceptors (Lipinski definition) is 11. The van der Waals surface area contributed by atoms with Crippen molar-refractivity contribution in [2.75, 3.05) is 51.5 Å². The maximum Gasteiger partial charge on any atom is 0.253 e. The average Bonchev–Trinajstić information content (AvgIpc) is 3.39. The first-order valence-electron chi connectivity index (χ1n) is 17.4. The first-order valence-corrected chi connectivity index (χ1v) is 17.4. The molecule has 1 aromatic carbocycles. The maximum absolute atomic E-state index is 12.8. The number of amides is 4. The summed E-state index contributed by atoms with van der Waals surface area (Å²) >= 11 is 0. The number of ketones is 2. The molecule has 5 N–H and O–H groups in total. The SMILES string of the molecule is CCC[C@@H](N)Cc1ccc(O)c(NC(=O)[C@H](C)CC(=O)[C@H](C)NC(=O)CCOCCOCCOCCCC(=O)CCCN2C(=O)C=CC2=O)c1. The molecule has 0 saturated carbocycles. The molecule has 14 heteroatoms. The molecular weight excluding hydrogens is 648 g/mol. The van der Waals surface area contributed by atoms with Crippen LogP contribution < -0.4 is 16.4 Å². The number of nitrogens with one attached hydrogen (secondary N) is 2. The van der Waals surface area contributed by atoms with E-state index in [-0.39, 0.29) is 79.4 Å². The molecule has 50 heavy (non-hydrogen) atoms. The molecule has 1 heterocycles. The predicted molar refractivity (Wildman–Crippen MR) is 186 cm³/mol. The van der Waals surface area contributed by atoms with Gasteiger partial charge in [0.05, 0.1) is 44.8 Å². The highest BCUT2D eigenvalue weighted by atomic mass is 16.5. The second-order valence-corrected chi connectivity index (χ2v) is 12.4. The number of nitrogens with zero attached hydrogens (tertiary/aromatic N) is 1. The van der Waals surface area contributed by atoms with Crippen LogP contribution in [0.5, 0.6) is 5.75 Å². The zero-order valence-corrected chi connectivity index (χ0v) is 29.6. The first kappa shape index (κ1) is 42.2. The number of aromatic hydroxyl groups is 1. The Kier molecular flexibility index (Phi) is 19.8. The lowest BCUT2D eigenvalue weighted by Crippen LogP contribution is -2.40. The Bertz CT molecular complexity index is 1300. The highest BCUT2D eigenvalue weighted by molar-refractivity contribution is 6.12. The van der Waals surface area contributed by atoms with Crippen molar-refractivity contribution in [2.45, 2.75) is 90.6 Å². The lowest BCUT2D eigenvalue weighted by molar-refractivity contribution is -0.137. The normalized spacial score (nSPS) is 14.4. The van der Waals surface area contributed by atoms with Crippen molar-refractivity contribution in [3.63, 3.8) is 0 Å². The highest BCUT2D eigenvalue weighted by Gasteiger charge is 2.24. The first-order chi connectivity index (χ1) is 23.9. The molecule has 0 fully saturated rings. The van der Waals surface area contributed by atoms with Gasteiger partial charge >= 0.3 is 0 Å². The van der Waals surface area contributed by atoms with E-state index in [0.29, 0.717) is 58.5 Å². The van der Waals surface area contributed by atoms with Gasteiger partial charge in [-0.25, -0.2) is 0 Å². The number of ether oxygens (including phenoxy) is 3. The van der Waals surface area contributed by atoms with Gasteiger partial charge in [0, 0.05) is 62.9 Å². The number of phenolic OH excluding ortho intramolecular Hbond substituents is 1. The van der Waals surface area contributed by atoms with E-state index < -0.39 is 17.9 Å². The average molecular weight is 703 g/mol. The van der Waals surface area contributed by atoms with Crippen molar-refractivity contribution < 1.29 is 48.1 Å². The van der Waals surface area contributed by atoms with Crippen LogP contribution >= 0.6 is 0 Å². The molecular formula is C36H54N4O10. The zero-order valence-electron chi connectivity index (χ0n) is 29.6. The molecule has 0 spiro atoms. The minimum Gasteiger partial charge on any atom is -0.506 e. The number of hydrogen-bond donors (Lipinski definition) is 4. The molecule has 278 valence electrons. The van der Waals surface area contributed by atoms with Crippen LogP contribution in [0, 0.1) is 5.92 Å². The third-order valence-corrected chi connectivity index (χ3v) is 7.99. The molecule has 0 aliphatic carbocycles. The van der Waals surface area contributed by atoms with Crippen LogP contribution in [-0.4, -0.2) is 103 Å². The molecule has 0 aromatic heterocycles. The zero-order chi connectivity index (χ0) is 36.9. The molecule has 14 nitrogen and oxygen atoms in total. The Labute approximate surface area is 294 Å². The Morgan fingerprint density at radius 2 is 1.50 bits per heavy atom. The van der Waals surface area contributed by atoms with Gasteiger partial charge < -0.3 is 35.7 Å². The van der Waals surface area contributed by atoms with E-state index >= 15 is 0 Å². The van der Waals surface area contributed by atoms with Crippen LogP contribution in [0.25, 0.3) is 0 Å². The van der Waals surface area contributed by atoms with Crippen LogP contribution in [0.4, 0.5) is 5.69 Å². The maximum atomic E-state index is 12.8. The van der Waals surface area contributed by atoms with Crippen molar-refractivity contribution in [3.8, 4) is 5.75 Å². The molecule has 0 radical (unpaired) electrons. The van der Waals surface area contributed by atoms with Crippen molar-refractivity contribution >= 4 is 40.9 Å². The summed E-state index contributed by atoms with van der Waals surface area (Å²) in [6, 6.07) is 4.16. The van der Waals surface area contributed by atoms with E-state index in [1.54, 1.807) is 26.0 Å². The number of benzene rings is 1. The number of carbonyl (C=O) groups excluding carboxylic acids is 6. The Morgan fingerprint density at radius 3 is 2.16 bits per heavy atom. The smallest absolute Gasteiger partial charge is 0.253 e. The van der Waals surface area contributed by atoms with Gasteiger partial charge in [-0.1, -0.05) is 26.3 Å². The van der Waals surface area contributed by atoms with Crippen LogP contribution in [-0.2, 0) is 49.4 Å². The fraction of sp³-hybridized carbons (Fsp3) is 0.611. The molecule has 1 aliphatic heterocycles. The van der Waals surface area contributed by atoms with E-state index in [9.17, 15) is 33.9 Å². The molecule has 0 saturated heterocycles. The second-order valence-electron chi connectivity index (χ2n) is 12.4. The summed E-state index contributed by atoms with van der Waals surface area (Å²) in [5, 5.41) is 15.5. The van der Waals surface area contributed by atoms with Gasteiger partial charge in [0.15, 0.2) is 5.78 Å². The van der Waals surface area contributed by atoms with Gasteiger partial charge in [-0.2, -0.15) is 0 Å². The van der Waals surface area contributed by atoms with Gasteiger partial charge in [0.25, 0.3) is 11.8 Å². The quantitative estimate of drug-likeness (QED) is 0.0596. The lowest BCUT2D eigenvalue weighted by Gasteiger charge is -2.17. The summed E-state index contributed by atoms with van der Waals surface area (Å²) in [4.78, 5) is 73.8. The summed E-state index contributed by atoms with van der Waals surface area (Å²) in [6.07, 6.45) is 6.54. The molecule has 4 amide bonds. The van der Waals surface area contributed by atoms with Gasteiger partial charge in [-0.3, -0.25) is 33.7 Å². The molecule has 3 atom stereocenters. The predicted octanol–water partition coefficient (Wildman–Crippen LogP) is 2.60. The molecule has 1 aliphatic rings. The van der Waals surface area contributed by atoms with Crippen LogP contribution in [0.2, 0.25) is 0 Å². The molecule has 0 unspecified atom stereocenters. The fourth-order valence-electron chi connectivity index (χ4n) is 5.10. The molecule has 0 bridgehead atoms. The monoisotopic (exact) mass is 702 g/mol. The number of rotatable bonds is 27. The number of phenols is 1. The van der Waals surface area contributed by atoms with E-state index in [4.69, 9.17) is 19.9 Å². The largest absolute Gasteiger partial charge is 0.506 e. The van der Waals surface area contributed by atoms with Crippen molar-refractivity contribution in [3.05, 3.63) is 35.9 Å². The van der Waals surface area contributed by atoms with E-state index in [1.165, 1.54) is 18.2 Å². The van der Waals surface area contributed by atoms with Crippen LogP contribution in [0.15, 0.2) is 30.4 Å². The minimum atomic E-state index is -0.785. The van der Waals surface area contributed by atoms with E-state index in [0.717, 1.165) is 23.3 Å².